The molecule has 1 aromatic heterocycles. The number of nitrogens with zero attached hydrogens (tertiary/aromatic N) is 2. The van der Waals surface area contributed by atoms with Crippen molar-refractivity contribution < 1.29 is 14.3 Å². The minimum absolute atomic E-state index is 0.177. The van der Waals surface area contributed by atoms with Crippen LogP contribution < -0.4 is 5.32 Å². The lowest BCUT2D eigenvalue weighted by Gasteiger charge is -2.35. The summed E-state index contributed by atoms with van der Waals surface area (Å²) in [4.78, 5) is 17.7. The van der Waals surface area contributed by atoms with E-state index < -0.39 is 6.10 Å². The Kier molecular flexibility index (Phi) is 6.38. The maximum Gasteiger partial charge on any atom is 0.287 e. The van der Waals surface area contributed by atoms with Gasteiger partial charge in [0.2, 0.25) is 0 Å². The number of hydrogen-bond donors (Lipinski definition) is 2. The molecular weight excluding hydrogens is 354 g/mol. The van der Waals surface area contributed by atoms with Crippen molar-refractivity contribution in [3.05, 3.63) is 23.7 Å². The zero-order valence-corrected chi connectivity index (χ0v) is 17.1. The number of hydrogen-bond acceptors (Lipinski definition) is 5. The molecule has 3 fully saturated rings. The van der Waals surface area contributed by atoms with Crippen LogP contribution in [0.25, 0.3) is 0 Å². The maximum absolute atomic E-state index is 12.5. The first-order valence-electron chi connectivity index (χ1n) is 11.1. The van der Waals surface area contributed by atoms with Gasteiger partial charge in [-0.25, -0.2) is 0 Å². The zero-order chi connectivity index (χ0) is 19.5. The molecule has 4 atom stereocenters. The van der Waals surface area contributed by atoms with Crippen LogP contribution in [0.15, 0.2) is 16.7 Å². The first-order valence-corrected chi connectivity index (χ1v) is 11.1. The molecular formula is C22H35N3O3. The molecule has 2 aliphatic heterocycles. The molecule has 4 rings (SSSR count). The van der Waals surface area contributed by atoms with Crippen molar-refractivity contribution in [2.75, 3.05) is 39.3 Å². The number of furan rings is 1. The standard InChI is InChI=1S/C22H35N3O3/c1-16-6-11-28-21(16)22(27)23-19-12-17-14-25(15-18(17)13-20(19)26)10-9-24-7-4-2-3-5-8-24/h6,11,17-20,26H,2-5,7-10,12-15H2,1H3,(H,23,27)/t17-,18+,19-,20-/m0/s1. The Morgan fingerprint density at radius 1 is 1.11 bits per heavy atom. The summed E-state index contributed by atoms with van der Waals surface area (Å²) in [5.41, 5.74) is 0.834. The summed E-state index contributed by atoms with van der Waals surface area (Å²) in [7, 11) is 0. The second kappa shape index (κ2) is 8.97. The van der Waals surface area contributed by atoms with Crippen LogP contribution >= 0.6 is 0 Å². The Labute approximate surface area is 168 Å². The smallest absolute Gasteiger partial charge is 0.287 e. The summed E-state index contributed by atoms with van der Waals surface area (Å²) in [6.07, 6.45) is 8.16. The molecule has 6 heteroatoms. The fourth-order valence-electron chi connectivity index (χ4n) is 5.35. The van der Waals surface area contributed by atoms with E-state index in [2.05, 4.69) is 15.1 Å². The highest BCUT2D eigenvalue weighted by atomic mass is 16.3. The molecule has 156 valence electrons. The van der Waals surface area contributed by atoms with E-state index in [9.17, 15) is 9.90 Å². The van der Waals surface area contributed by atoms with Crippen molar-refractivity contribution in [1.82, 2.24) is 15.1 Å². The van der Waals surface area contributed by atoms with Crippen molar-refractivity contribution in [3.63, 3.8) is 0 Å². The Bertz CT molecular complexity index is 653. The van der Waals surface area contributed by atoms with E-state index in [0.29, 0.717) is 17.6 Å². The molecule has 0 unspecified atom stereocenters. The van der Waals surface area contributed by atoms with Crippen molar-refractivity contribution in [3.8, 4) is 0 Å². The molecule has 0 radical (unpaired) electrons. The maximum atomic E-state index is 12.5. The van der Waals surface area contributed by atoms with Crippen LogP contribution in [0.3, 0.4) is 0 Å². The molecule has 2 saturated heterocycles. The fourth-order valence-corrected chi connectivity index (χ4v) is 5.35. The molecule has 0 spiro atoms. The fraction of sp³-hybridized carbons (Fsp3) is 0.773. The number of likely N-dealkylation sites (tertiary alicyclic amines) is 2. The third-order valence-electron chi connectivity index (χ3n) is 7.03. The third-order valence-corrected chi connectivity index (χ3v) is 7.03. The zero-order valence-electron chi connectivity index (χ0n) is 17.1. The van der Waals surface area contributed by atoms with Gasteiger partial charge in [-0.3, -0.25) is 4.79 Å². The molecule has 1 saturated carbocycles. The van der Waals surface area contributed by atoms with Crippen LogP contribution in [0.4, 0.5) is 0 Å². The van der Waals surface area contributed by atoms with E-state index in [-0.39, 0.29) is 11.9 Å². The largest absolute Gasteiger partial charge is 0.459 e. The Balaban J connectivity index is 1.27. The van der Waals surface area contributed by atoms with Gasteiger partial charge in [-0.15, -0.1) is 0 Å². The van der Waals surface area contributed by atoms with E-state index in [1.54, 1.807) is 6.07 Å². The number of aliphatic hydroxyl groups is 1. The average Bonchev–Trinajstić information content (AvgIpc) is 3.17. The van der Waals surface area contributed by atoms with Gasteiger partial charge in [-0.1, -0.05) is 12.8 Å². The molecule has 2 N–H and O–H groups in total. The summed E-state index contributed by atoms with van der Waals surface area (Å²) in [5.74, 6) is 1.27. The van der Waals surface area contributed by atoms with E-state index in [1.807, 2.05) is 6.92 Å². The summed E-state index contributed by atoms with van der Waals surface area (Å²) < 4.78 is 5.30. The first-order chi connectivity index (χ1) is 13.6. The first kappa shape index (κ1) is 19.9. The summed E-state index contributed by atoms with van der Waals surface area (Å²) in [6, 6.07) is 1.62. The van der Waals surface area contributed by atoms with E-state index in [1.165, 1.54) is 51.6 Å². The molecule has 0 aromatic carbocycles. The number of carbonyl (C=O) groups is 1. The lowest BCUT2D eigenvalue weighted by molar-refractivity contribution is 0.0452. The van der Waals surface area contributed by atoms with Crippen LogP contribution in [-0.2, 0) is 0 Å². The Morgan fingerprint density at radius 2 is 1.79 bits per heavy atom. The highest BCUT2D eigenvalue weighted by Crippen LogP contribution is 2.36. The topological polar surface area (TPSA) is 69.0 Å². The number of fused-ring (bicyclic) bond motifs is 1. The molecule has 0 bridgehead atoms. The molecule has 1 amide bonds. The van der Waals surface area contributed by atoms with Crippen LogP contribution in [0, 0.1) is 18.8 Å². The van der Waals surface area contributed by atoms with Gasteiger partial charge >= 0.3 is 0 Å². The van der Waals surface area contributed by atoms with Crippen molar-refractivity contribution in [2.24, 2.45) is 11.8 Å². The number of nitrogens with one attached hydrogen (secondary N) is 1. The average molecular weight is 390 g/mol. The summed E-state index contributed by atoms with van der Waals surface area (Å²) in [6.45, 7) is 8.85. The Hall–Kier alpha value is -1.37. The normalized spacial score (nSPS) is 32.1. The molecule has 28 heavy (non-hydrogen) atoms. The van der Waals surface area contributed by atoms with Crippen molar-refractivity contribution >= 4 is 5.91 Å². The summed E-state index contributed by atoms with van der Waals surface area (Å²) >= 11 is 0. The van der Waals surface area contributed by atoms with E-state index in [0.717, 1.165) is 38.0 Å². The lowest BCUT2D eigenvalue weighted by Crippen LogP contribution is -2.49. The van der Waals surface area contributed by atoms with E-state index in [4.69, 9.17) is 4.42 Å². The van der Waals surface area contributed by atoms with Gasteiger partial charge in [0.05, 0.1) is 18.4 Å². The molecule has 1 aliphatic carbocycles. The third kappa shape index (κ3) is 4.61. The van der Waals surface area contributed by atoms with Crippen LogP contribution in [0.2, 0.25) is 0 Å². The monoisotopic (exact) mass is 389 g/mol. The van der Waals surface area contributed by atoms with Gasteiger partial charge in [0, 0.05) is 31.7 Å². The highest BCUT2D eigenvalue weighted by Gasteiger charge is 2.42. The lowest BCUT2D eigenvalue weighted by atomic mass is 9.77. The molecule has 1 aromatic rings. The van der Waals surface area contributed by atoms with E-state index >= 15 is 0 Å². The minimum Gasteiger partial charge on any atom is -0.459 e. The Morgan fingerprint density at radius 3 is 2.46 bits per heavy atom. The van der Waals surface area contributed by atoms with Gasteiger partial charge in [0.1, 0.15) is 0 Å². The van der Waals surface area contributed by atoms with Gasteiger partial charge in [0.15, 0.2) is 5.76 Å². The SMILES string of the molecule is Cc1ccoc1C(=O)N[C@H]1C[C@H]2CN(CCN3CCCCCC3)C[C@H]2C[C@@H]1O. The van der Waals surface area contributed by atoms with Gasteiger partial charge in [0.25, 0.3) is 5.91 Å². The van der Waals surface area contributed by atoms with Crippen LogP contribution in [0.1, 0.15) is 54.6 Å². The number of amides is 1. The second-order valence-electron chi connectivity index (χ2n) is 9.09. The van der Waals surface area contributed by atoms with Crippen LogP contribution in [-0.4, -0.2) is 72.2 Å². The molecule has 6 nitrogen and oxygen atoms in total. The minimum atomic E-state index is -0.467. The number of carbonyl (C=O) groups excluding carboxylic acids is 1. The quantitative estimate of drug-likeness (QED) is 0.809. The predicted octanol–water partition coefficient (Wildman–Crippen LogP) is 2.27. The predicted molar refractivity (Wildman–Crippen MR) is 108 cm³/mol. The van der Waals surface area contributed by atoms with Gasteiger partial charge < -0.3 is 24.6 Å². The number of aryl methyl sites for hydroxylation is 1. The number of aliphatic hydroxyl groups excluding tert-OH is 1. The van der Waals surface area contributed by atoms with Gasteiger partial charge in [-0.05, 0) is 63.6 Å². The second-order valence-corrected chi connectivity index (χ2v) is 9.09. The number of rotatable bonds is 5. The van der Waals surface area contributed by atoms with Crippen molar-refractivity contribution in [1.29, 1.82) is 0 Å². The van der Waals surface area contributed by atoms with Crippen LogP contribution in [0.5, 0.6) is 0 Å². The molecule has 3 heterocycles. The van der Waals surface area contributed by atoms with Crippen molar-refractivity contribution in [2.45, 2.75) is 57.6 Å². The van der Waals surface area contributed by atoms with Gasteiger partial charge in [-0.2, -0.15) is 0 Å². The molecule has 3 aliphatic rings. The summed E-state index contributed by atoms with van der Waals surface area (Å²) in [5, 5.41) is 13.6. The highest BCUT2D eigenvalue weighted by molar-refractivity contribution is 5.93.